The minimum absolute atomic E-state index is 0.308. The summed E-state index contributed by atoms with van der Waals surface area (Å²) in [6.07, 6.45) is 2.60. The number of thioether (sulfide) groups is 1. The molecule has 1 aromatic carbocycles. The number of ether oxygens (including phenoxy) is 1. The third kappa shape index (κ3) is 4.24. The van der Waals surface area contributed by atoms with Crippen molar-refractivity contribution in [1.82, 2.24) is 14.5 Å². The average molecular weight is 420 g/mol. The van der Waals surface area contributed by atoms with E-state index in [1.807, 2.05) is 24.3 Å². The molecule has 3 heterocycles. The molecular weight excluding hydrogens is 398 g/mol. The van der Waals surface area contributed by atoms with E-state index in [2.05, 4.69) is 23.8 Å². The normalized spacial score (nSPS) is 16.9. The summed E-state index contributed by atoms with van der Waals surface area (Å²) in [7, 11) is 0. The first kappa shape index (κ1) is 19.0. The molecule has 4 nitrogen and oxygen atoms in total. The van der Waals surface area contributed by atoms with Crippen molar-refractivity contribution in [3.05, 3.63) is 51.7 Å². The Bertz CT molecular complexity index is 931. The third-order valence-corrected chi connectivity index (χ3v) is 7.10. The molecule has 1 aliphatic rings. The van der Waals surface area contributed by atoms with Crippen LogP contribution in [0.25, 0.3) is 10.6 Å². The summed E-state index contributed by atoms with van der Waals surface area (Å²) in [5.41, 5.74) is 4.36. The lowest BCUT2D eigenvalue weighted by atomic mass is 10.2. The van der Waals surface area contributed by atoms with E-state index < -0.39 is 0 Å². The molecule has 142 valence electrons. The van der Waals surface area contributed by atoms with Crippen molar-refractivity contribution in [2.24, 2.45) is 0 Å². The molecule has 1 saturated heterocycles. The minimum Gasteiger partial charge on any atom is -0.376 e. The quantitative estimate of drug-likeness (QED) is 0.477. The number of halogens is 1. The molecule has 0 bridgehead atoms. The zero-order valence-electron chi connectivity index (χ0n) is 15.4. The highest BCUT2D eigenvalue weighted by atomic mass is 35.5. The average Bonchev–Trinajstić information content (AvgIpc) is 3.39. The van der Waals surface area contributed by atoms with E-state index in [4.69, 9.17) is 26.3 Å². The molecule has 1 unspecified atom stereocenters. The molecule has 3 aromatic rings. The molecule has 0 N–H and O–H groups in total. The van der Waals surface area contributed by atoms with Gasteiger partial charge in [-0.05, 0) is 32.8 Å². The highest BCUT2D eigenvalue weighted by Gasteiger charge is 2.20. The van der Waals surface area contributed by atoms with Gasteiger partial charge in [-0.1, -0.05) is 41.6 Å². The van der Waals surface area contributed by atoms with Gasteiger partial charge in [-0.3, -0.25) is 0 Å². The van der Waals surface area contributed by atoms with Gasteiger partial charge in [-0.2, -0.15) is 0 Å². The summed E-state index contributed by atoms with van der Waals surface area (Å²) >= 11 is 9.67. The first-order valence-electron chi connectivity index (χ1n) is 9.09. The molecule has 0 aliphatic carbocycles. The zero-order chi connectivity index (χ0) is 18.8. The first-order valence-corrected chi connectivity index (χ1v) is 11.3. The number of imidazole rings is 1. The second-order valence-electron chi connectivity index (χ2n) is 6.72. The third-order valence-electron chi connectivity index (χ3n) is 4.84. The molecule has 0 saturated carbocycles. The van der Waals surface area contributed by atoms with Gasteiger partial charge in [0.05, 0.1) is 29.1 Å². The number of hydrogen-bond donors (Lipinski definition) is 0. The summed E-state index contributed by atoms with van der Waals surface area (Å²) in [6, 6.07) is 7.85. The highest BCUT2D eigenvalue weighted by Crippen LogP contribution is 2.32. The molecule has 2 aromatic heterocycles. The lowest BCUT2D eigenvalue weighted by Crippen LogP contribution is -2.16. The van der Waals surface area contributed by atoms with Gasteiger partial charge in [0.25, 0.3) is 0 Å². The second kappa shape index (κ2) is 8.35. The Kier molecular flexibility index (Phi) is 5.88. The van der Waals surface area contributed by atoms with Crippen LogP contribution in [0.15, 0.2) is 34.8 Å². The Hall–Kier alpha value is -1.34. The molecule has 1 aliphatic heterocycles. The van der Waals surface area contributed by atoms with Gasteiger partial charge in [0, 0.05) is 29.0 Å². The fourth-order valence-corrected chi connectivity index (χ4v) is 5.45. The summed E-state index contributed by atoms with van der Waals surface area (Å²) in [5, 5.41) is 4.86. The maximum absolute atomic E-state index is 6.30. The van der Waals surface area contributed by atoms with Crippen molar-refractivity contribution in [3.8, 4) is 10.6 Å². The Morgan fingerprint density at radius 1 is 1.30 bits per heavy atom. The van der Waals surface area contributed by atoms with E-state index in [0.29, 0.717) is 6.10 Å². The van der Waals surface area contributed by atoms with Gasteiger partial charge in [-0.15, -0.1) is 11.3 Å². The van der Waals surface area contributed by atoms with E-state index in [0.717, 1.165) is 63.9 Å². The van der Waals surface area contributed by atoms with Crippen LogP contribution >= 0.6 is 34.7 Å². The van der Waals surface area contributed by atoms with Gasteiger partial charge in [0.15, 0.2) is 5.16 Å². The Morgan fingerprint density at radius 3 is 2.93 bits per heavy atom. The molecule has 1 fully saturated rings. The minimum atomic E-state index is 0.308. The summed E-state index contributed by atoms with van der Waals surface area (Å²) in [6.45, 7) is 5.98. The fourth-order valence-electron chi connectivity index (χ4n) is 3.21. The molecule has 0 amide bonds. The van der Waals surface area contributed by atoms with Crippen LogP contribution in [0.5, 0.6) is 0 Å². The molecule has 7 heteroatoms. The van der Waals surface area contributed by atoms with Crippen LogP contribution in [0.1, 0.15) is 29.9 Å². The molecular formula is C20H22ClN3OS2. The van der Waals surface area contributed by atoms with Gasteiger partial charge in [0.1, 0.15) is 5.01 Å². The smallest absolute Gasteiger partial charge is 0.168 e. The largest absolute Gasteiger partial charge is 0.376 e. The monoisotopic (exact) mass is 419 g/mol. The zero-order valence-corrected chi connectivity index (χ0v) is 17.8. The molecule has 27 heavy (non-hydrogen) atoms. The van der Waals surface area contributed by atoms with Crippen LogP contribution in [-0.2, 0) is 17.0 Å². The predicted octanol–water partition coefficient (Wildman–Crippen LogP) is 5.75. The highest BCUT2D eigenvalue weighted by molar-refractivity contribution is 7.98. The van der Waals surface area contributed by atoms with Crippen molar-refractivity contribution < 1.29 is 4.74 Å². The van der Waals surface area contributed by atoms with Crippen LogP contribution in [-0.4, -0.2) is 27.2 Å². The van der Waals surface area contributed by atoms with Gasteiger partial charge >= 0.3 is 0 Å². The van der Waals surface area contributed by atoms with E-state index >= 15 is 0 Å². The number of aryl methyl sites for hydroxylation is 1. The van der Waals surface area contributed by atoms with E-state index in [1.165, 1.54) is 5.69 Å². The maximum Gasteiger partial charge on any atom is 0.168 e. The lowest BCUT2D eigenvalue weighted by Gasteiger charge is -2.14. The van der Waals surface area contributed by atoms with Crippen molar-refractivity contribution in [3.63, 3.8) is 0 Å². The van der Waals surface area contributed by atoms with E-state index in [-0.39, 0.29) is 0 Å². The van der Waals surface area contributed by atoms with E-state index in [1.54, 1.807) is 23.1 Å². The summed E-state index contributed by atoms with van der Waals surface area (Å²) in [4.78, 5) is 9.54. The molecule has 1 atom stereocenters. The Labute approximate surface area is 172 Å². The lowest BCUT2D eigenvalue weighted by molar-refractivity contribution is 0.0945. The topological polar surface area (TPSA) is 39.9 Å². The number of nitrogens with zero attached hydrogens (tertiary/aromatic N) is 3. The summed E-state index contributed by atoms with van der Waals surface area (Å²) in [5.74, 6) is 0.794. The standard InChI is InChI=1S/C20H22ClN3OS2/c1-13-14(2)24(10-16-6-5-9-25-16)20(22-13)27-12-15-11-26-19(23-15)17-7-3-4-8-18(17)21/h3-4,7-8,11,16H,5-6,9-10,12H2,1-2H3. The van der Waals surface area contributed by atoms with Crippen LogP contribution < -0.4 is 0 Å². The summed E-state index contributed by atoms with van der Waals surface area (Å²) < 4.78 is 8.12. The maximum atomic E-state index is 6.30. The SMILES string of the molecule is Cc1nc(SCc2csc(-c3ccccc3Cl)n2)n(CC2CCCO2)c1C. The van der Waals surface area contributed by atoms with Gasteiger partial charge in [0.2, 0.25) is 0 Å². The van der Waals surface area contributed by atoms with Crippen LogP contribution in [0.3, 0.4) is 0 Å². The van der Waals surface area contributed by atoms with Crippen molar-refractivity contribution >= 4 is 34.7 Å². The van der Waals surface area contributed by atoms with Crippen LogP contribution in [0.4, 0.5) is 0 Å². The number of aromatic nitrogens is 3. The predicted molar refractivity (Wildman–Crippen MR) is 113 cm³/mol. The van der Waals surface area contributed by atoms with Crippen LogP contribution in [0, 0.1) is 13.8 Å². The Balaban J connectivity index is 1.48. The van der Waals surface area contributed by atoms with Crippen molar-refractivity contribution in [1.29, 1.82) is 0 Å². The van der Waals surface area contributed by atoms with Crippen molar-refractivity contribution in [2.45, 2.75) is 50.2 Å². The van der Waals surface area contributed by atoms with Crippen LogP contribution in [0.2, 0.25) is 5.02 Å². The first-order chi connectivity index (χ1) is 13.1. The number of rotatable bonds is 6. The number of hydrogen-bond acceptors (Lipinski definition) is 5. The number of thiazole rings is 1. The fraction of sp³-hybridized carbons (Fsp3) is 0.400. The second-order valence-corrected chi connectivity index (χ2v) is 8.93. The van der Waals surface area contributed by atoms with E-state index in [9.17, 15) is 0 Å². The van der Waals surface area contributed by atoms with Crippen molar-refractivity contribution in [2.75, 3.05) is 6.61 Å². The molecule has 0 spiro atoms. The molecule has 0 radical (unpaired) electrons. The Morgan fingerprint density at radius 2 is 2.15 bits per heavy atom. The van der Waals surface area contributed by atoms with Gasteiger partial charge in [-0.25, -0.2) is 9.97 Å². The van der Waals surface area contributed by atoms with Gasteiger partial charge < -0.3 is 9.30 Å². The molecule has 4 rings (SSSR count). The number of benzene rings is 1.